The van der Waals surface area contributed by atoms with Gasteiger partial charge in [-0.3, -0.25) is 4.79 Å². The van der Waals surface area contributed by atoms with Crippen molar-refractivity contribution in [2.24, 2.45) is 0 Å². The number of nitrogens with zero attached hydrogens (tertiary/aromatic N) is 2. The average Bonchev–Trinajstić information content (AvgIpc) is 2.31. The molecule has 0 atom stereocenters. The number of carbonyl (C=O) groups excluding carboxylic acids is 1. The molecule has 1 aromatic carbocycles. The van der Waals surface area contributed by atoms with E-state index in [1.807, 2.05) is 35.2 Å². The third-order valence-corrected chi connectivity index (χ3v) is 2.90. The van der Waals surface area contributed by atoms with Crippen molar-refractivity contribution < 1.29 is 4.79 Å². The molecule has 0 saturated carbocycles. The number of rotatable bonds is 2. The topological polar surface area (TPSA) is 23.6 Å². The van der Waals surface area contributed by atoms with Gasteiger partial charge in [-0.05, 0) is 7.05 Å². The molecule has 0 bridgehead atoms. The van der Waals surface area contributed by atoms with Crippen LogP contribution in [-0.4, -0.2) is 56.1 Å². The quantitative estimate of drug-likeness (QED) is 0.666. The van der Waals surface area contributed by atoms with Crippen molar-refractivity contribution in [1.29, 1.82) is 0 Å². The molecule has 1 radical (unpaired) electrons. The fraction of sp³-hybridized carbons (Fsp3) is 0.417. The van der Waals surface area contributed by atoms with Crippen molar-refractivity contribution in [1.82, 2.24) is 9.80 Å². The van der Waals surface area contributed by atoms with Crippen molar-refractivity contribution in [3.63, 3.8) is 0 Å². The minimum atomic E-state index is 0.124. The first-order chi connectivity index (χ1) is 7.75. The molecule has 1 aromatic rings. The molecule has 1 aliphatic heterocycles. The van der Waals surface area contributed by atoms with E-state index < -0.39 is 0 Å². The fourth-order valence-corrected chi connectivity index (χ4v) is 1.81. The van der Waals surface area contributed by atoms with Gasteiger partial charge >= 0.3 is 0 Å². The summed E-state index contributed by atoms with van der Waals surface area (Å²) in [6, 6.07) is 9.76. The second kappa shape index (κ2) is 5.17. The Balaban J connectivity index is 1.89. The van der Waals surface area contributed by atoms with Gasteiger partial charge in [0.05, 0.1) is 0 Å². The van der Waals surface area contributed by atoms with Crippen LogP contribution in [0.1, 0.15) is 0 Å². The zero-order valence-electron chi connectivity index (χ0n) is 9.60. The molecule has 0 aliphatic carbocycles. The monoisotopic (exact) mass is 215 g/mol. The summed E-state index contributed by atoms with van der Waals surface area (Å²) in [5, 5.41) is 0. The van der Waals surface area contributed by atoms with E-state index in [-0.39, 0.29) is 5.81 Å². The lowest BCUT2D eigenvalue weighted by Gasteiger charge is -2.32. The predicted octanol–water partition coefficient (Wildman–Crippen LogP) is 0.383. The van der Waals surface area contributed by atoms with Crippen LogP contribution in [0.25, 0.3) is 0 Å². The molecule has 83 valence electrons. The van der Waals surface area contributed by atoms with E-state index in [0.29, 0.717) is 0 Å². The maximum atomic E-state index is 11.9. The fourth-order valence-electron chi connectivity index (χ4n) is 1.81. The Morgan fingerprint density at radius 2 is 1.75 bits per heavy atom. The van der Waals surface area contributed by atoms with Crippen molar-refractivity contribution in [2.75, 3.05) is 33.2 Å². The van der Waals surface area contributed by atoms with E-state index in [1.165, 1.54) is 0 Å². The highest BCUT2D eigenvalue weighted by Gasteiger charge is 2.19. The highest BCUT2D eigenvalue weighted by atomic mass is 16.2. The van der Waals surface area contributed by atoms with Crippen molar-refractivity contribution in [3.05, 3.63) is 30.3 Å². The minimum absolute atomic E-state index is 0.124. The Morgan fingerprint density at radius 3 is 2.38 bits per heavy atom. The molecule has 0 spiro atoms. The van der Waals surface area contributed by atoms with Gasteiger partial charge in [0.15, 0.2) is 5.81 Å². The summed E-state index contributed by atoms with van der Waals surface area (Å²) in [6.07, 6.45) is 0. The van der Waals surface area contributed by atoms with Crippen LogP contribution in [0.3, 0.4) is 0 Å². The first-order valence-electron chi connectivity index (χ1n) is 5.63. The van der Waals surface area contributed by atoms with Crippen LogP contribution >= 0.6 is 0 Å². The number of amides is 1. The van der Waals surface area contributed by atoms with Gasteiger partial charge in [0.1, 0.15) is 0 Å². The molecule has 16 heavy (non-hydrogen) atoms. The maximum absolute atomic E-state index is 11.9. The number of likely N-dealkylation sites (N-methyl/N-ethyl adjacent to an activating group) is 1. The van der Waals surface area contributed by atoms with Crippen LogP contribution in [0.4, 0.5) is 4.79 Å². The Hall–Kier alpha value is -1.29. The molecule has 4 heteroatoms. The van der Waals surface area contributed by atoms with E-state index in [4.69, 9.17) is 0 Å². The minimum Gasteiger partial charge on any atom is -0.349 e. The third-order valence-electron chi connectivity index (χ3n) is 2.90. The molecular formula is C12H16BN2O. The zero-order valence-corrected chi connectivity index (χ0v) is 9.60. The Labute approximate surface area is 97.3 Å². The van der Waals surface area contributed by atoms with Gasteiger partial charge in [0.2, 0.25) is 0 Å². The summed E-state index contributed by atoms with van der Waals surface area (Å²) < 4.78 is 0. The van der Waals surface area contributed by atoms with Gasteiger partial charge in [0, 0.05) is 26.2 Å². The molecule has 1 amide bonds. The van der Waals surface area contributed by atoms with E-state index >= 15 is 0 Å². The molecule has 0 N–H and O–H groups in total. The van der Waals surface area contributed by atoms with Crippen LogP contribution in [0.5, 0.6) is 0 Å². The van der Waals surface area contributed by atoms with E-state index in [0.717, 1.165) is 31.6 Å². The molecule has 3 nitrogen and oxygen atoms in total. The molecule has 1 fully saturated rings. The summed E-state index contributed by atoms with van der Waals surface area (Å²) in [5.41, 5.74) is 0.978. The highest BCUT2D eigenvalue weighted by Crippen LogP contribution is 1.99. The first-order valence-corrected chi connectivity index (χ1v) is 5.63. The zero-order chi connectivity index (χ0) is 11.4. The Kier molecular flexibility index (Phi) is 3.62. The largest absolute Gasteiger partial charge is 0.349 e. The molecule has 1 saturated heterocycles. The summed E-state index contributed by atoms with van der Waals surface area (Å²) in [6.45, 7) is 3.60. The molecular weight excluding hydrogens is 199 g/mol. The van der Waals surface area contributed by atoms with E-state index in [1.54, 1.807) is 7.28 Å². The van der Waals surface area contributed by atoms with Crippen LogP contribution in [0.2, 0.25) is 0 Å². The van der Waals surface area contributed by atoms with Crippen molar-refractivity contribution in [2.45, 2.75) is 0 Å². The molecule has 0 aromatic heterocycles. The van der Waals surface area contributed by atoms with Crippen molar-refractivity contribution >= 4 is 18.5 Å². The molecule has 1 heterocycles. The second-order valence-electron chi connectivity index (χ2n) is 4.18. The number of piperazine rings is 1. The highest BCUT2D eigenvalue weighted by molar-refractivity contribution is 6.83. The van der Waals surface area contributed by atoms with Crippen LogP contribution in [0, 0.1) is 0 Å². The second-order valence-corrected chi connectivity index (χ2v) is 4.18. The number of benzene rings is 1. The number of hydrogen-bond donors (Lipinski definition) is 0. The third kappa shape index (κ3) is 2.86. The number of hydrogen-bond acceptors (Lipinski definition) is 2. The SMILES string of the molecule is CN1CCN(C(=O)[B]c2ccccc2)CC1. The molecule has 1 aliphatic rings. The standard InChI is InChI=1S/C12H16BN2O/c1-14-7-9-15(10-8-14)12(16)13-11-5-3-2-4-6-11/h2-6H,7-10H2,1H3. The van der Waals surface area contributed by atoms with Gasteiger partial charge in [0.25, 0.3) is 7.28 Å². The van der Waals surface area contributed by atoms with E-state index in [9.17, 15) is 4.79 Å². The summed E-state index contributed by atoms with van der Waals surface area (Å²) in [4.78, 5) is 16.1. The van der Waals surface area contributed by atoms with Gasteiger partial charge in [-0.2, -0.15) is 0 Å². The summed E-state index contributed by atoms with van der Waals surface area (Å²) >= 11 is 0. The van der Waals surface area contributed by atoms with Crippen LogP contribution < -0.4 is 5.46 Å². The summed E-state index contributed by atoms with van der Waals surface area (Å²) in [5.74, 6) is 0.124. The average molecular weight is 215 g/mol. The van der Waals surface area contributed by atoms with Crippen molar-refractivity contribution in [3.8, 4) is 0 Å². The van der Waals surface area contributed by atoms with Gasteiger partial charge in [-0.15, -0.1) is 0 Å². The number of carbonyl (C=O) groups is 1. The lowest BCUT2D eigenvalue weighted by molar-refractivity contribution is 0.171. The summed E-state index contributed by atoms with van der Waals surface area (Å²) in [7, 11) is 3.80. The van der Waals surface area contributed by atoms with Crippen LogP contribution in [-0.2, 0) is 0 Å². The van der Waals surface area contributed by atoms with Crippen LogP contribution in [0.15, 0.2) is 30.3 Å². The smallest absolute Gasteiger partial charge is 0.271 e. The lowest BCUT2D eigenvalue weighted by atomic mass is 9.69. The molecule has 2 rings (SSSR count). The Morgan fingerprint density at radius 1 is 1.12 bits per heavy atom. The maximum Gasteiger partial charge on any atom is 0.271 e. The normalized spacial score (nSPS) is 17.2. The van der Waals surface area contributed by atoms with Gasteiger partial charge < -0.3 is 9.80 Å². The van der Waals surface area contributed by atoms with Gasteiger partial charge in [-0.1, -0.05) is 35.8 Å². The first kappa shape index (κ1) is 11.2. The van der Waals surface area contributed by atoms with E-state index in [2.05, 4.69) is 11.9 Å². The lowest BCUT2D eigenvalue weighted by Crippen LogP contribution is -2.49. The van der Waals surface area contributed by atoms with Gasteiger partial charge in [-0.25, -0.2) is 0 Å². The Bertz CT molecular complexity index is 347. The predicted molar refractivity (Wildman–Crippen MR) is 66.3 cm³/mol. The molecule has 0 unspecified atom stereocenters.